The van der Waals surface area contributed by atoms with Crippen LogP contribution in [0, 0.1) is 6.92 Å². The number of amides is 1. The number of morpholine rings is 1. The standard InChI is InChI=1S/C21H21BrN4O3/c1-14-12-15(6-7-18(14)22)23-19(27)13-26-21(28)17-5-3-2-4-16(17)20(24-26)25-8-10-29-11-9-25/h2-7,12H,8-11,13H2,1H3,(H,23,27). The van der Waals surface area contributed by atoms with Crippen molar-refractivity contribution in [3.63, 3.8) is 0 Å². The molecule has 0 radical (unpaired) electrons. The Hall–Kier alpha value is -2.71. The fourth-order valence-electron chi connectivity index (χ4n) is 3.39. The van der Waals surface area contributed by atoms with Crippen molar-refractivity contribution < 1.29 is 9.53 Å². The van der Waals surface area contributed by atoms with Gasteiger partial charge in [0.15, 0.2) is 5.82 Å². The Kier molecular flexibility index (Phi) is 5.64. The molecule has 2 heterocycles. The Balaban J connectivity index is 1.65. The summed E-state index contributed by atoms with van der Waals surface area (Å²) in [6.07, 6.45) is 0. The zero-order valence-electron chi connectivity index (χ0n) is 16.0. The first kappa shape index (κ1) is 19.6. The molecule has 1 aliphatic rings. The van der Waals surface area contributed by atoms with E-state index >= 15 is 0 Å². The molecule has 1 N–H and O–H groups in total. The molecule has 1 amide bonds. The number of rotatable bonds is 4. The van der Waals surface area contributed by atoms with Gasteiger partial charge in [0.05, 0.1) is 18.6 Å². The molecular weight excluding hydrogens is 436 g/mol. The minimum Gasteiger partial charge on any atom is -0.378 e. The van der Waals surface area contributed by atoms with Gasteiger partial charge in [-0.2, -0.15) is 5.10 Å². The summed E-state index contributed by atoms with van der Waals surface area (Å²) in [5.74, 6) is 0.403. The number of carbonyl (C=O) groups is 1. The monoisotopic (exact) mass is 456 g/mol. The van der Waals surface area contributed by atoms with Gasteiger partial charge in [0, 0.05) is 28.6 Å². The minimum absolute atomic E-state index is 0.157. The van der Waals surface area contributed by atoms with Crippen molar-refractivity contribution in [1.82, 2.24) is 9.78 Å². The number of carbonyl (C=O) groups excluding carboxylic acids is 1. The van der Waals surface area contributed by atoms with Crippen molar-refractivity contribution in [3.05, 3.63) is 62.9 Å². The van der Waals surface area contributed by atoms with Crippen LogP contribution in [0.4, 0.5) is 11.5 Å². The van der Waals surface area contributed by atoms with E-state index in [2.05, 4.69) is 31.2 Å². The van der Waals surface area contributed by atoms with Gasteiger partial charge in [-0.3, -0.25) is 9.59 Å². The van der Waals surface area contributed by atoms with Crippen molar-refractivity contribution in [2.45, 2.75) is 13.5 Å². The molecule has 1 aromatic heterocycles. The molecule has 0 spiro atoms. The lowest BCUT2D eigenvalue weighted by molar-refractivity contribution is -0.117. The molecule has 1 saturated heterocycles. The highest BCUT2D eigenvalue weighted by Gasteiger charge is 2.19. The molecule has 3 aromatic rings. The second-order valence-electron chi connectivity index (χ2n) is 6.94. The number of anilines is 2. The molecule has 1 aliphatic heterocycles. The number of nitrogens with one attached hydrogen (secondary N) is 1. The lowest BCUT2D eigenvalue weighted by Gasteiger charge is -2.29. The molecule has 29 heavy (non-hydrogen) atoms. The third-order valence-corrected chi connectivity index (χ3v) is 5.78. The van der Waals surface area contributed by atoms with Gasteiger partial charge >= 0.3 is 0 Å². The van der Waals surface area contributed by atoms with E-state index in [-0.39, 0.29) is 18.0 Å². The molecule has 1 fully saturated rings. The molecule has 8 heteroatoms. The number of aryl methyl sites for hydroxylation is 1. The van der Waals surface area contributed by atoms with Crippen LogP contribution < -0.4 is 15.8 Å². The number of halogens is 1. The number of aromatic nitrogens is 2. The van der Waals surface area contributed by atoms with Crippen LogP contribution in [0.1, 0.15) is 5.56 Å². The fourth-order valence-corrected chi connectivity index (χ4v) is 3.64. The zero-order chi connectivity index (χ0) is 20.4. The van der Waals surface area contributed by atoms with Crippen LogP contribution in [-0.2, 0) is 16.1 Å². The molecule has 0 saturated carbocycles. The lowest BCUT2D eigenvalue weighted by Crippen LogP contribution is -2.39. The average Bonchev–Trinajstić information content (AvgIpc) is 2.73. The Morgan fingerprint density at radius 3 is 2.62 bits per heavy atom. The predicted octanol–water partition coefficient (Wildman–Crippen LogP) is 2.94. The van der Waals surface area contributed by atoms with Crippen molar-refractivity contribution in [1.29, 1.82) is 0 Å². The molecule has 7 nitrogen and oxygen atoms in total. The van der Waals surface area contributed by atoms with Gasteiger partial charge in [-0.1, -0.05) is 34.1 Å². The molecule has 0 atom stereocenters. The van der Waals surface area contributed by atoms with Gasteiger partial charge in [0.25, 0.3) is 5.56 Å². The molecule has 0 bridgehead atoms. The first-order valence-electron chi connectivity index (χ1n) is 9.41. The van der Waals surface area contributed by atoms with E-state index in [0.29, 0.717) is 43.2 Å². The third-order valence-electron chi connectivity index (χ3n) is 4.89. The van der Waals surface area contributed by atoms with Crippen molar-refractivity contribution in [2.75, 3.05) is 36.5 Å². The van der Waals surface area contributed by atoms with Crippen molar-refractivity contribution in [2.24, 2.45) is 0 Å². The Bertz CT molecular complexity index is 1120. The maximum Gasteiger partial charge on any atom is 0.275 e. The third kappa shape index (κ3) is 4.18. The summed E-state index contributed by atoms with van der Waals surface area (Å²) in [7, 11) is 0. The van der Waals surface area contributed by atoms with E-state index < -0.39 is 0 Å². The van der Waals surface area contributed by atoms with E-state index in [1.807, 2.05) is 43.3 Å². The van der Waals surface area contributed by atoms with Crippen LogP contribution in [0.15, 0.2) is 51.7 Å². The number of ether oxygens (including phenoxy) is 1. The summed E-state index contributed by atoms with van der Waals surface area (Å²) in [6.45, 7) is 4.40. The van der Waals surface area contributed by atoms with Crippen LogP contribution >= 0.6 is 15.9 Å². The quantitative estimate of drug-likeness (QED) is 0.652. The average molecular weight is 457 g/mol. The van der Waals surface area contributed by atoms with Gasteiger partial charge < -0.3 is 15.0 Å². The van der Waals surface area contributed by atoms with Gasteiger partial charge in [0.2, 0.25) is 5.91 Å². The predicted molar refractivity (Wildman–Crippen MR) is 117 cm³/mol. The maximum atomic E-state index is 12.9. The SMILES string of the molecule is Cc1cc(NC(=O)Cn2nc(N3CCOCC3)c3ccccc3c2=O)ccc1Br. The second kappa shape index (κ2) is 8.34. The Labute approximate surface area is 176 Å². The summed E-state index contributed by atoms with van der Waals surface area (Å²) in [6, 6.07) is 12.9. The Morgan fingerprint density at radius 2 is 1.90 bits per heavy atom. The van der Waals surface area contributed by atoms with Crippen LogP contribution in [0.25, 0.3) is 10.8 Å². The van der Waals surface area contributed by atoms with E-state index in [4.69, 9.17) is 4.74 Å². The summed E-state index contributed by atoms with van der Waals surface area (Å²) in [4.78, 5) is 27.6. The van der Waals surface area contributed by atoms with Crippen LogP contribution in [-0.4, -0.2) is 42.0 Å². The van der Waals surface area contributed by atoms with Crippen LogP contribution in [0.3, 0.4) is 0 Å². The van der Waals surface area contributed by atoms with Crippen LogP contribution in [0.5, 0.6) is 0 Å². The zero-order valence-corrected chi connectivity index (χ0v) is 17.6. The lowest BCUT2D eigenvalue weighted by atomic mass is 10.1. The normalized spacial score (nSPS) is 14.2. The Morgan fingerprint density at radius 1 is 1.17 bits per heavy atom. The minimum atomic E-state index is -0.301. The second-order valence-corrected chi connectivity index (χ2v) is 7.80. The molecule has 0 aliphatic carbocycles. The topological polar surface area (TPSA) is 76.5 Å². The number of nitrogens with zero attached hydrogens (tertiary/aromatic N) is 3. The smallest absolute Gasteiger partial charge is 0.275 e. The summed E-state index contributed by atoms with van der Waals surface area (Å²) in [5, 5.41) is 8.73. The molecule has 150 valence electrons. The summed E-state index contributed by atoms with van der Waals surface area (Å²) < 4.78 is 7.65. The molecule has 0 unspecified atom stereocenters. The highest BCUT2D eigenvalue weighted by molar-refractivity contribution is 9.10. The molecule has 2 aromatic carbocycles. The first-order chi connectivity index (χ1) is 14.0. The summed E-state index contributed by atoms with van der Waals surface area (Å²) in [5.41, 5.74) is 1.41. The summed E-state index contributed by atoms with van der Waals surface area (Å²) >= 11 is 3.45. The van der Waals surface area contributed by atoms with Crippen LogP contribution in [0.2, 0.25) is 0 Å². The first-order valence-corrected chi connectivity index (χ1v) is 10.2. The molecular formula is C21H21BrN4O3. The number of benzene rings is 2. The largest absolute Gasteiger partial charge is 0.378 e. The maximum absolute atomic E-state index is 12.9. The van der Waals surface area contributed by atoms with Gasteiger partial charge in [-0.15, -0.1) is 0 Å². The number of hydrogen-bond donors (Lipinski definition) is 1. The fraction of sp³-hybridized carbons (Fsp3) is 0.286. The van der Waals surface area contributed by atoms with Gasteiger partial charge in [-0.25, -0.2) is 4.68 Å². The van der Waals surface area contributed by atoms with E-state index in [9.17, 15) is 9.59 Å². The van der Waals surface area contributed by atoms with Gasteiger partial charge in [0.1, 0.15) is 6.54 Å². The number of fused-ring (bicyclic) bond motifs is 1. The highest BCUT2D eigenvalue weighted by Crippen LogP contribution is 2.23. The van der Waals surface area contributed by atoms with Crippen molar-refractivity contribution in [3.8, 4) is 0 Å². The number of hydrogen-bond acceptors (Lipinski definition) is 5. The highest BCUT2D eigenvalue weighted by atomic mass is 79.9. The van der Waals surface area contributed by atoms with Gasteiger partial charge in [-0.05, 0) is 36.8 Å². The van der Waals surface area contributed by atoms with E-state index in [1.54, 1.807) is 6.07 Å². The van der Waals surface area contributed by atoms with Crippen molar-refractivity contribution >= 4 is 44.1 Å². The van der Waals surface area contributed by atoms with E-state index in [0.717, 1.165) is 15.4 Å². The van der Waals surface area contributed by atoms with E-state index in [1.165, 1.54) is 4.68 Å². The molecule has 4 rings (SSSR count).